The summed E-state index contributed by atoms with van der Waals surface area (Å²) in [7, 11) is 0. The second-order valence-electron chi connectivity index (χ2n) is 7.75. The predicted molar refractivity (Wildman–Crippen MR) is 123 cm³/mol. The highest BCUT2D eigenvalue weighted by Gasteiger charge is 2.52. The molecule has 1 amide bonds. The first-order valence-corrected chi connectivity index (χ1v) is 11.1. The zero-order chi connectivity index (χ0) is 23.6. The van der Waals surface area contributed by atoms with Gasteiger partial charge in [0.05, 0.1) is 18.9 Å². The quantitative estimate of drug-likeness (QED) is 0.677. The highest BCUT2D eigenvalue weighted by molar-refractivity contribution is 8.13. The molecule has 0 spiro atoms. The lowest BCUT2D eigenvalue weighted by molar-refractivity contribution is -0.128. The molecule has 1 aromatic heterocycles. The highest BCUT2D eigenvalue weighted by atomic mass is 32.2. The zero-order valence-corrected chi connectivity index (χ0v) is 18.6. The summed E-state index contributed by atoms with van der Waals surface area (Å²) in [5.41, 5.74) is 5.68. The first kappa shape index (κ1) is 22.7. The van der Waals surface area contributed by atoms with Crippen LogP contribution in [0.3, 0.4) is 0 Å². The average Bonchev–Trinajstić information content (AvgIpc) is 3.19. The molecule has 170 valence electrons. The standard InChI is InChI=1S/C23H21F2N5O2S/c1-3-6-32-21-10-27-20(9-28-21)19(25)8-15-4-5-18(24)17(7-15)23-13-30(14(2)31)11-16(23)12-33-22(26)29-23/h1,4-5,7-10,16H,6,11-13H2,2H3,(H2,26,29)/b19-8-/t16-,23-/m0/s1. The zero-order valence-electron chi connectivity index (χ0n) is 17.8. The number of thioether (sulfide) groups is 1. The molecule has 0 unspecified atom stereocenters. The lowest BCUT2D eigenvalue weighted by Crippen LogP contribution is -2.41. The molecule has 2 atom stereocenters. The van der Waals surface area contributed by atoms with Crippen molar-refractivity contribution in [2.75, 3.05) is 25.4 Å². The van der Waals surface area contributed by atoms with Crippen LogP contribution in [0, 0.1) is 24.1 Å². The van der Waals surface area contributed by atoms with Crippen LogP contribution >= 0.6 is 11.8 Å². The number of aliphatic imine (C=N–C) groups is 1. The van der Waals surface area contributed by atoms with Gasteiger partial charge in [0.15, 0.2) is 17.6 Å². The number of nitrogens with zero attached hydrogens (tertiary/aromatic N) is 4. The van der Waals surface area contributed by atoms with Gasteiger partial charge >= 0.3 is 0 Å². The molecule has 2 N–H and O–H groups in total. The number of likely N-dealkylation sites (tertiary alicyclic amines) is 1. The van der Waals surface area contributed by atoms with Crippen molar-refractivity contribution in [2.45, 2.75) is 12.5 Å². The normalized spacial score (nSPS) is 22.4. The van der Waals surface area contributed by atoms with Crippen molar-refractivity contribution >= 4 is 34.7 Å². The van der Waals surface area contributed by atoms with Crippen molar-refractivity contribution in [3.05, 3.63) is 53.2 Å². The summed E-state index contributed by atoms with van der Waals surface area (Å²) < 4.78 is 35.1. The summed E-state index contributed by atoms with van der Waals surface area (Å²) in [5, 5.41) is 0.339. The number of carbonyl (C=O) groups is 1. The topological polar surface area (TPSA) is 93.7 Å². The van der Waals surface area contributed by atoms with Crippen molar-refractivity contribution in [2.24, 2.45) is 16.6 Å². The number of carbonyl (C=O) groups excluding carboxylic acids is 1. The molecular weight excluding hydrogens is 448 g/mol. The fourth-order valence-electron chi connectivity index (χ4n) is 4.05. The summed E-state index contributed by atoms with van der Waals surface area (Å²) in [4.78, 5) is 26.3. The van der Waals surface area contributed by atoms with Crippen LogP contribution in [0.5, 0.6) is 5.88 Å². The molecule has 33 heavy (non-hydrogen) atoms. The monoisotopic (exact) mass is 469 g/mol. The van der Waals surface area contributed by atoms with E-state index in [2.05, 4.69) is 20.9 Å². The van der Waals surface area contributed by atoms with E-state index in [0.717, 1.165) is 0 Å². The minimum Gasteiger partial charge on any atom is -0.463 e. The largest absolute Gasteiger partial charge is 0.463 e. The number of rotatable bonds is 5. The van der Waals surface area contributed by atoms with Gasteiger partial charge in [-0.2, -0.15) is 0 Å². The minimum absolute atomic E-state index is 0.00933. The number of amides is 1. The summed E-state index contributed by atoms with van der Waals surface area (Å²) in [6.45, 7) is 2.17. The molecule has 0 radical (unpaired) electrons. The summed E-state index contributed by atoms with van der Waals surface area (Å²) in [5.74, 6) is 1.73. The number of nitrogens with two attached hydrogens (primary N) is 1. The molecule has 0 aliphatic carbocycles. The molecule has 1 aromatic carbocycles. The first-order valence-electron chi connectivity index (χ1n) is 10.1. The van der Waals surface area contributed by atoms with E-state index in [4.69, 9.17) is 16.9 Å². The lowest BCUT2D eigenvalue weighted by atomic mass is 9.81. The molecule has 3 heterocycles. The number of halogens is 2. The van der Waals surface area contributed by atoms with Gasteiger partial charge in [-0.1, -0.05) is 23.7 Å². The van der Waals surface area contributed by atoms with E-state index in [-0.39, 0.29) is 42.1 Å². The van der Waals surface area contributed by atoms with Crippen LogP contribution in [-0.4, -0.2) is 51.4 Å². The number of terminal acetylenes is 1. The Morgan fingerprint density at radius 2 is 2.27 bits per heavy atom. The van der Waals surface area contributed by atoms with Gasteiger partial charge in [0.2, 0.25) is 11.8 Å². The average molecular weight is 470 g/mol. The van der Waals surface area contributed by atoms with E-state index >= 15 is 4.39 Å². The Bertz CT molecular complexity index is 1180. The molecule has 0 saturated carbocycles. The van der Waals surface area contributed by atoms with E-state index in [0.29, 0.717) is 23.0 Å². The number of aromatic nitrogens is 2. The van der Waals surface area contributed by atoms with E-state index in [1.807, 2.05) is 0 Å². The van der Waals surface area contributed by atoms with Crippen LogP contribution in [0.2, 0.25) is 0 Å². The number of hydrogen-bond acceptors (Lipinski definition) is 7. The van der Waals surface area contributed by atoms with Crippen molar-refractivity contribution in [3.63, 3.8) is 0 Å². The maximum Gasteiger partial charge on any atom is 0.233 e. The van der Waals surface area contributed by atoms with Crippen LogP contribution in [0.25, 0.3) is 11.9 Å². The number of fused-ring (bicyclic) bond motifs is 1. The Hall–Kier alpha value is -3.45. The number of benzene rings is 1. The van der Waals surface area contributed by atoms with Gasteiger partial charge in [-0.25, -0.2) is 23.7 Å². The third-order valence-corrected chi connectivity index (χ3v) is 6.62. The number of amidine groups is 1. The summed E-state index contributed by atoms with van der Waals surface area (Å²) >= 11 is 1.38. The molecule has 2 aromatic rings. The Morgan fingerprint density at radius 1 is 1.45 bits per heavy atom. The predicted octanol–water partition coefficient (Wildman–Crippen LogP) is 2.83. The molecule has 0 bridgehead atoms. The van der Waals surface area contributed by atoms with Gasteiger partial charge in [-0.05, 0) is 23.8 Å². The van der Waals surface area contributed by atoms with Crippen LogP contribution in [0.4, 0.5) is 8.78 Å². The first-order chi connectivity index (χ1) is 15.8. The van der Waals surface area contributed by atoms with Crippen LogP contribution in [-0.2, 0) is 10.3 Å². The summed E-state index contributed by atoms with van der Waals surface area (Å²) in [6.07, 6.45) is 8.86. The van der Waals surface area contributed by atoms with Crippen LogP contribution in [0.15, 0.2) is 35.6 Å². The van der Waals surface area contributed by atoms with Crippen molar-refractivity contribution in [1.82, 2.24) is 14.9 Å². The van der Waals surface area contributed by atoms with Gasteiger partial charge in [0.25, 0.3) is 0 Å². The minimum atomic E-state index is -1.01. The van der Waals surface area contributed by atoms with Gasteiger partial charge in [-0.3, -0.25) is 4.79 Å². The van der Waals surface area contributed by atoms with Crippen LogP contribution in [0.1, 0.15) is 23.7 Å². The Labute approximate surface area is 194 Å². The molecule has 2 aliphatic rings. The van der Waals surface area contributed by atoms with Crippen molar-refractivity contribution in [3.8, 4) is 18.2 Å². The molecular formula is C23H21F2N5O2S. The summed E-state index contributed by atoms with van der Waals surface area (Å²) in [6, 6.07) is 4.28. The molecule has 1 saturated heterocycles. The van der Waals surface area contributed by atoms with E-state index in [1.54, 1.807) is 11.0 Å². The van der Waals surface area contributed by atoms with Gasteiger partial charge in [0, 0.05) is 30.7 Å². The second-order valence-corrected chi connectivity index (χ2v) is 8.79. The van der Waals surface area contributed by atoms with E-state index in [9.17, 15) is 9.18 Å². The highest BCUT2D eigenvalue weighted by Crippen LogP contribution is 2.46. The number of hydrogen-bond donors (Lipinski definition) is 1. The van der Waals surface area contributed by atoms with Gasteiger partial charge in [0.1, 0.15) is 17.1 Å². The molecule has 10 heteroatoms. The maximum atomic E-state index is 15.1. The fourth-order valence-corrected chi connectivity index (χ4v) is 5.03. The van der Waals surface area contributed by atoms with Crippen LogP contribution < -0.4 is 10.5 Å². The maximum absolute atomic E-state index is 15.1. The Morgan fingerprint density at radius 3 is 2.97 bits per heavy atom. The Kier molecular flexibility index (Phi) is 6.33. The Balaban J connectivity index is 1.68. The van der Waals surface area contributed by atoms with Gasteiger partial charge in [-0.15, -0.1) is 6.42 Å². The molecule has 4 rings (SSSR count). The third-order valence-electron chi connectivity index (χ3n) is 5.66. The lowest BCUT2D eigenvalue weighted by Gasteiger charge is -2.35. The van der Waals surface area contributed by atoms with Crippen molar-refractivity contribution < 1.29 is 18.3 Å². The second kappa shape index (κ2) is 9.19. The van der Waals surface area contributed by atoms with E-state index in [1.165, 1.54) is 49.3 Å². The van der Waals surface area contributed by atoms with Gasteiger partial charge < -0.3 is 15.4 Å². The smallest absolute Gasteiger partial charge is 0.233 e. The molecule has 2 aliphatic heterocycles. The molecule has 7 nitrogen and oxygen atoms in total. The fraction of sp³-hybridized carbons (Fsp3) is 0.304. The van der Waals surface area contributed by atoms with Crippen molar-refractivity contribution in [1.29, 1.82) is 0 Å². The number of ether oxygens (including phenoxy) is 1. The SMILES string of the molecule is C#CCOc1cnc(/C(F)=C/c2ccc(F)c([C@]34CN(C(C)=O)C[C@H]3CSC(N)=N4)c2)cn1. The third kappa shape index (κ3) is 4.54. The van der Waals surface area contributed by atoms with E-state index < -0.39 is 17.2 Å². The molecule has 1 fully saturated rings.